The van der Waals surface area contributed by atoms with Crippen molar-refractivity contribution in [2.24, 2.45) is 0 Å². The number of carbonyl (C=O) groups excluding carboxylic acids is 1. The number of fused-ring (bicyclic) bond motifs is 1. The first kappa shape index (κ1) is 17.0. The van der Waals surface area contributed by atoms with E-state index in [-0.39, 0.29) is 11.9 Å². The summed E-state index contributed by atoms with van der Waals surface area (Å²) >= 11 is 1.75. The van der Waals surface area contributed by atoms with Gasteiger partial charge in [0.1, 0.15) is 5.82 Å². The van der Waals surface area contributed by atoms with Crippen LogP contribution >= 0.6 is 11.8 Å². The van der Waals surface area contributed by atoms with Gasteiger partial charge in [-0.3, -0.25) is 4.79 Å². The van der Waals surface area contributed by atoms with E-state index in [9.17, 15) is 4.79 Å². The van der Waals surface area contributed by atoms with Crippen LogP contribution in [-0.2, 0) is 18.7 Å². The molecular weight excluding hydrogens is 320 g/mol. The second-order valence-electron chi connectivity index (χ2n) is 6.27. The summed E-state index contributed by atoms with van der Waals surface area (Å²) in [6.45, 7) is 2.92. The highest BCUT2D eigenvalue weighted by Gasteiger charge is 2.21. The largest absolute Gasteiger partial charge is 0.342 e. The third-order valence-corrected chi connectivity index (χ3v) is 5.00. The Morgan fingerprint density at radius 2 is 2.21 bits per heavy atom. The van der Waals surface area contributed by atoms with Crippen molar-refractivity contribution in [1.82, 2.24) is 20.1 Å². The van der Waals surface area contributed by atoms with Crippen LogP contribution in [0.3, 0.4) is 0 Å². The van der Waals surface area contributed by atoms with E-state index in [4.69, 9.17) is 0 Å². The molecule has 1 amide bonds. The molecule has 0 bridgehead atoms. The summed E-state index contributed by atoms with van der Waals surface area (Å²) in [5.74, 6) is 2.76. The van der Waals surface area contributed by atoms with Gasteiger partial charge in [-0.15, -0.1) is 10.2 Å². The third kappa shape index (κ3) is 3.80. The molecule has 6 heteroatoms. The molecule has 0 radical (unpaired) electrons. The van der Waals surface area contributed by atoms with E-state index in [1.54, 1.807) is 11.8 Å². The third-order valence-electron chi connectivity index (χ3n) is 4.37. The molecule has 0 saturated heterocycles. The Morgan fingerprint density at radius 1 is 1.33 bits per heavy atom. The fourth-order valence-electron chi connectivity index (χ4n) is 3.14. The van der Waals surface area contributed by atoms with Crippen LogP contribution in [0.25, 0.3) is 0 Å². The first-order valence-electron chi connectivity index (χ1n) is 8.49. The van der Waals surface area contributed by atoms with Gasteiger partial charge in [0.2, 0.25) is 0 Å². The number of hydrogen-bond acceptors (Lipinski definition) is 4. The minimum atomic E-state index is -0.152. The van der Waals surface area contributed by atoms with Crippen LogP contribution in [0.2, 0.25) is 0 Å². The van der Waals surface area contributed by atoms with Crippen molar-refractivity contribution in [3.63, 3.8) is 0 Å². The number of aromatic nitrogens is 3. The smallest absolute Gasteiger partial charge is 0.251 e. The van der Waals surface area contributed by atoms with Gasteiger partial charge >= 0.3 is 0 Å². The maximum atomic E-state index is 12.6. The van der Waals surface area contributed by atoms with Crippen LogP contribution in [-0.4, -0.2) is 26.9 Å². The zero-order valence-corrected chi connectivity index (χ0v) is 15.1. The summed E-state index contributed by atoms with van der Waals surface area (Å²) in [5.41, 5.74) is 1.86. The normalized spacial score (nSPS) is 15.4. The Kier molecular flexibility index (Phi) is 5.56. The maximum absolute atomic E-state index is 12.6. The average Bonchev–Trinajstić information content (AvgIpc) is 2.84. The second-order valence-corrected chi connectivity index (χ2v) is 7.13. The monoisotopic (exact) mass is 344 g/mol. The van der Waals surface area contributed by atoms with E-state index in [0.29, 0.717) is 5.56 Å². The number of nitrogens with one attached hydrogen (secondary N) is 1. The standard InChI is InChI=1S/C18H24N4OS/c1-13(17-21-20-16-9-4-3-5-10-22(16)17)19-18(23)15-8-6-7-14(11-15)12-24-2/h6-8,11,13H,3-5,9-10,12H2,1-2H3,(H,19,23). The number of nitrogens with zero attached hydrogens (tertiary/aromatic N) is 3. The predicted octanol–water partition coefficient (Wildman–Crippen LogP) is 3.36. The Bertz CT molecular complexity index is 713. The molecule has 0 spiro atoms. The van der Waals surface area contributed by atoms with Crippen LogP contribution in [0.15, 0.2) is 24.3 Å². The second kappa shape index (κ2) is 7.83. The number of carbonyl (C=O) groups is 1. The summed E-state index contributed by atoms with van der Waals surface area (Å²) in [6.07, 6.45) is 6.58. The van der Waals surface area contributed by atoms with Gasteiger partial charge in [-0.2, -0.15) is 11.8 Å². The molecule has 0 fully saturated rings. The van der Waals surface area contributed by atoms with Crippen molar-refractivity contribution in [3.8, 4) is 0 Å². The fourth-order valence-corrected chi connectivity index (χ4v) is 3.65. The number of rotatable bonds is 5. The van der Waals surface area contributed by atoms with Gasteiger partial charge in [0.05, 0.1) is 6.04 Å². The number of thioether (sulfide) groups is 1. The molecule has 5 nitrogen and oxygen atoms in total. The maximum Gasteiger partial charge on any atom is 0.251 e. The minimum Gasteiger partial charge on any atom is -0.342 e. The van der Waals surface area contributed by atoms with Crippen molar-refractivity contribution >= 4 is 17.7 Å². The van der Waals surface area contributed by atoms with Crippen molar-refractivity contribution < 1.29 is 4.79 Å². The summed E-state index contributed by atoms with van der Waals surface area (Å²) in [6, 6.07) is 7.66. The SMILES string of the molecule is CSCc1cccc(C(=O)NC(C)c2nnc3n2CCCCC3)c1. The van der Waals surface area contributed by atoms with Crippen LogP contribution in [0.5, 0.6) is 0 Å². The van der Waals surface area contributed by atoms with Gasteiger partial charge < -0.3 is 9.88 Å². The van der Waals surface area contributed by atoms with Crippen LogP contribution in [0.1, 0.15) is 59.8 Å². The van der Waals surface area contributed by atoms with Gasteiger partial charge in [-0.05, 0) is 43.7 Å². The molecule has 1 aromatic carbocycles. The highest BCUT2D eigenvalue weighted by Crippen LogP contribution is 2.19. The molecular formula is C18H24N4OS. The van der Waals surface area contributed by atoms with E-state index in [1.165, 1.54) is 18.4 Å². The van der Waals surface area contributed by atoms with Crippen molar-refractivity contribution in [2.45, 2.75) is 50.9 Å². The lowest BCUT2D eigenvalue weighted by Gasteiger charge is -2.15. The zero-order chi connectivity index (χ0) is 16.9. The lowest BCUT2D eigenvalue weighted by atomic mass is 10.1. The Hall–Kier alpha value is -1.82. The molecule has 0 saturated carbocycles. The molecule has 128 valence electrons. The molecule has 1 unspecified atom stereocenters. The Balaban J connectivity index is 1.73. The van der Waals surface area contributed by atoms with Crippen LogP contribution in [0.4, 0.5) is 0 Å². The lowest BCUT2D eigenvalue weighted by molar-refractivity contribution is 0.0937. The molecule has 3 rings (SSSR count). The molecule has 0 aliphatic carbocycles. The van der Waals surface area contributed by atoms with Gasteiger partial charge in [-0.25, -0.2) is 0 Å². The topological polar surface area (TPSA) is 59.8 Å². The number of benzene rings is 1. The first-order chi connectivity index (χ1) is 11.7. The molecule has 1 aliphatic heterocycles. The van der Waals surface area contributed by atoms with Gasteiger partial charge in [0, 0.05) is 24.3 Å². The number of amides is 1. The molecule has 1 aliphatic rings. The number of hydrogen-bond donors (Lipinski definition) is 1. The Morgan fingerprint density at radius 3 is 3.04 bits per heavy atom. The first-order valence-corrected chi connectivity index (χ1v) is 9.89. The number of aryl methyl sites for hydroxylation is 1. The molecule has 1 aromatic heterocycles. The van der Waals surface area contributed by atoms with E-state index < -0.39 is 0 Å². The van der Waals surface area contributed by atoms with E-state index in [2.05, 4.69) is 32.4 Å². The van der Waals surface area contributed by atoms with Crippen molar-refractivity contribution in [2.75, 3.05) is 6.26 Å². The molecule has 24 heavy (non-hydrogen) atoms. The van der Waals surface area contributed by atoms with E-state index in [1.807, 2.05) is 25.1 Å². The lowest BCUT2D eigenvalue weighted by Crippen LogP contribution is -2.29. The molecule has 2 heterocycles. The summed E-state index contributed by atoms with van der Waals surface area (Å²) in [7, 11) is 0. The predicted molar refractivity (Wildman–Crippen MR) is 97.1 cm³/mol. The minimum absolute atomic E-state index is 0.0589. The van der Waals surface area contributed by atoms with E-state index in [0.717, 1.165) is 36.8 Å². The quantitative estimate of drug-likeness (QED) is 0.903. The average molecular weight is 344 g/mol. The van der Waals surface area contributed by atoms with Gasteiger partial charge in [-0.1, -0.05) is 18.6 Å². The Labute approximate surface area is 147 Å². The van der Waals surface area contributed by atoms with Gasteiger partial charge in [0.25, 0.3) is 5.91 Å². The fraction of sp³-hybridized carbons (Fsp3) is 0.500. The summed E-state index contributed by atoms with van der Waals surface area (Å²) < 4.78 is 2.18. The van der Waals surface area contributed by atoms with Gasteiger partial charge in [0.15, 0.2) is 5.82 Å². The molecule has 1 N–H and O–H groups in total. The highest BCUT2D eigenvalue weighted by molar-refractivity contribution is 7.97. The molecule has 1 atom stereocenters. The van der Waals surface area contributed by atoms with Crippen molar-refractivity contribution in [1.29, 1.82) is 0 Å². The highest BCUT2D eigenvalue weighted by atomic mass is 32.2. The molecule has 2 aromatic rings. The van der Waals surface area contributed by atoms with Crippen LogP contribution in [0, 0.1) is 0 Å². The zero-order valence-electron chi connectivity index (χ0n) is 14.3. The van der Waals surface area contributed by atoms with E-state index >= 15 is 0 Å². The van der Waals surface area contributed by atoms with Crippen LogP contribution < -0.4 is 5.32 Å². The van der Waals surface area contributed by atoms with Crippen molar-refractivity contribution in [3.05, 3.63) is 47.0 Å². The summed E-state index contributed by atoms with van der Waals surface area (Å²) in [4.78, 5) is 12.6. The summed E-state index contributed by atoms with van der Waals surface area (Å²) in [5, 5.41) is 11.7.